The Balaban J connectivity index is 1.21. The molecule has 2 fully saturated rings. The number of hydrogen-bond donors (Lipinski definition) is 1. The molecule has 0 atom stereocenters. The minimum Gasteiger partial charge on any atom is -0.368 e. The molecule has 1 aliphatic heterocycles. The molecular formula is C19H24N4O3. The molecule has 138 valence electrons. The highest BCUT2D eigenvalue weighted by atomic mass is 16.5. The second kappa shape index (κ2) is 7.45. The van der Waals surface area contributed by atoms with Gasteiger partial charge in [-0.3, -0.25) is 0 Å². The number of anilines is 1. The van der Waals surface area contributed by atoms with Gasteiger partial charge in [0.15, 0.2) is 5.82 Å². The average molecular weight is 356 g/mol. The Kier molecular flexibility index (Phi) is 4.88. The number of urea groups is 1. The first-order valence-electron chi connectivity index (χ1n) is 9.24. The number of nitrogens with one attached hydrogen (secondary N) is 1. The molecule has 7 heteroatoms. The van der Waals surface area contributed by atoms with Gasteiger partial charge in [-0.25, -0.2) is 4.79 Å². The molecule has 0 spiro atoms. The number of rotatable bonds is 5. The van der Waals surface area contributed by atoms with Crippen LogP contribution in [0.4, 0.5) is 10.5 Å². The van der Waals surface area contributed by atoms with E-state index in [1.807, 2.05) is 36.1 Å². The molecular weight excluding hydrogens is 332 g/mol. The first kappa shape index (κ1) is 17.0. The molecule has 26 heavy (non-hydrogen) atoms. The lowest BCUT2D eigenvalue weighted by Gasteiger charge is -2.31. The number of aryl methyl sites for hydroxylation is 1. The summed E-state index contributed by atoms with van der Waals surface area (Å²) in [4.78, 5) is 18.6. The third-order valence-corrected chi connectivity index (χ3v) is 4.87. The van der Waals surface area contributed by atoms with Crippen molar-refractivity contribution in [3.05, 3.63) is 41.5 Å². The minimum atomic E-state index is -0.0555. The molecule has 2 aromatic rings. The normalized spacial score (nSPS) is 18.1. The van der Waals surface area contributed by atoms with Crippen molar-refractivity contribution in [2.24, 2.45) is 0 Å². The highest BCUT2D eigenvalue weighted by Gasteiger charge is 2.29. The van der Waals surface area contributed by atoms with Gasteiger partial charge in [-0.2, -0.15) is 4.98 Å². The van der Waals surface area contributed by atoms with Gasteiger partial charge in [-0.05, 0) is 50.3 Å². The topological polar surface area (TPSA) is 80.5 Å². The summed E-state index contributed by atoms with van der Waals surface area (Å²) in [5.74, 6) is 1.85. The fourth-order valence-corrected chi connectivity index (χ4v) is 3.17. The number of benzene rings is 1. The van der Waals surface area contributed by atoms with E-state index < -0.39 is 0 Å². The predicted octanol–water partition coefficient (Wildman–Crippen LogP) is 3.47. The van der Waals surface area contributed by atoms with Crippen LogP contribution < -0.4 is 5.32 Å². The molecule has 1 aromatic carbocycles. The highest BCUT2D eigenvalue weighted by Crippen LogP contribution is 2.38. The van der Waals surface area contributed by atoms with Crippen LogP contribution in [-0.2, 0) is 11.3 Å². The van der Waals surface area contributed by atoms with Crippen LogP contribution >= 0.6 is 0 Å². The summed E-state index contributed by atoms with van der Waals surface area (Å²) in [5.41, 5.74) is 1.96. The maximum Gasteiger partial charge on any atom is 0.321 e. The first-order valence-corrected chi connectivity index (χ1v) is 9.24. The number of aromatic nitrogens is 2. The molecule has 0 unspecified atom stereocenters. The van der Waals surface area contributed by atoms with Crippen LogP contribution in [0.15, 0.2) is 28.8 Å². The highest BCUT2D eigenvalue weighted by molar-refractivity contribution is 5.89. The minimum absolute atomic E-state index is 0.0555. The van der Waals surface area contributed by atoms with Crippen molar-refractivity contribution < 1.29 is 14.1 Å². The molecule has 2 amide bonds. The monoisotopic (exact) mass is 356 g/mol. The Morgan fingerprint density at radius 3 is 2.85 bits per heavy atom. The van der Waals surface area contributed by atoms with Gasteiger partial charge in [-0.1, -0.05) is 17.3 Å². The molecule has 1 saturated carbocycles. The molecule has 0 radical (unpaired) electrons. The van der Waals surface area contributed by atoms with Gasteiger partial charge < -0.3 is 19.5 Å². The van der Waals surface area contributed by atoms with Crippen molar-refractivity contribution in [3.8, 4) is 0 Å². The van der Waals surface area contributed by atoms with E-state index in [4.69, 9.17) is 9.26 Å². The predicted molar refractivity (Wildman–Crippen MR) is 95.9 cm³/mol. The van der Waals surface area contributed by atoms with Crippen molar-refractivity contribution in [1.29, 1.82) is 0 Å². The summed E-state index contributed by atoms with van der Waals surface area (Å²) in [7, 11) is 0. The van der Waals surface area contributed by atoms with Gasteiger partial charge in [0.2, 0.25) is 0 Å². The Morgan fingerprint density at radius 1 is 1.31 bits per heavy atom. The van der Waals surface area contributed by atoms with Crippen molar-refractivity contribution in [1.82, 2.24) is 15.0 Å². The molecule has 0 bridgehead atoms. The quantitative estimate of drug-likeness (QED) is 0.887. The van der Waals surface area contributed by atoms with E-state index in [-0.39, 0.29) is 12.1 Å². The number of carbonyl (C=O) groups is 1. The van der Waals surface area contributed by atoms with Crippen LogP contribution in [0.3, 0.4) is 0 Å². The van der Waals surface area contributed by atoms with Crippen LogP contribution in [0.1, 0.15) is 48.9 Å². The second-order valence-corrected chi connectivity index (χ2v) is 7.12. The Hall–Kier alpha value is -2.41. The van der Waals surface area contributed by atoms with Crippen LogP contribution in [-0.4, -0.2) is 40.3 Å². The van der Waals surface area contributed by atoms with Gasteiger partial charge in [0.25, 0.3) is 5.89 Å². The lowest BCUT2D eigenvalue weighted by atomic mass is 10.1. The summed E-state index contributed by atoms with van der Waals surface area (Å²) in [6, 6.07) is 7.77. The molecule has 2 heterocycles. The van der Waals surface area contributed by atoms with E-state index in [0.29, 0.717) is 31.5 Å². The zero-order valence-electron chi connectivity index (χ0n) is 15.0. The fourth-order valence-electron chi connectivity index (χ4n) is 3.17. The summed E-state index contributed by atoms with van der Waals surface area (Å²) >= 11 is 0. The van der Waals surface area contributed by atoms with Crippen LogP contribution in [0.2, 0.25) is 0 Å². The molecule has 7 nitrogen and oxygen atoms in total. The number of piperidine rings is 1. The molecule has 1 aliphatic carbocycles. The largest absolute Gasteiger partial charge is 0.368 e. The SMILES string of the molecule is Cc1cccc(NC(=O)N2CCC(OCc3nc(C4CC4)no3)CC2)c1. The third kappa shape index (κ3) is 4.22. The van der Waals surface area contributed by atoms with Gasteiger partial charge in [0.1, 0.15) is 6.61 Å². The van der Waals surface area contributed by atoms with E-state index in [1.165, 1.54) is 0 Å². The van der Waals surface area contributed by atoms with Crippen LogP contribution in [0.5, 0.6) is 0 Å². The summed E-state index contributed by atoms with van der Waals surface area (Å²) in [6.07, 6.45) is 4.05. The smallest absolute Gasteiger partial charge is 0.321 e. The molecule has 1 N–H and O–H groups in total. The third-order valence-electron chi connectivity index (χ3n) is 4.87. The number of ether oxygens (including phenoxy) is 1. The maximum absolute atomic E-state index is 12.4. The Labute approximate surface area is 152 Å². The van der Waals surface area contributed by atoms with Gasteiger partial charge in [0, 0.05) is 24.7 Å². The van der Waals surface area contributed by atoms with Crippen molar-refractivity contribution >= 4 is 11.7 Å². The summed E-state index contributed by atoms with van der Waals surface area (Å²) in [6.45, 7) is 3.72. The number of carbonyl (C=O) groups excluding carboxylic acids is 1. The lowest BCUT2D eigenvalue weighted by Crippen LogP contribution is -2.43. The fraction of sp³-hybridized carbons (Fsp3) is 0.526. The molecule has 1 aromatic heterocycles. The second-order valence-electron chi connectivity index (χ2n) is 7.12. The molecule has 1 saturated heterocycles. The van der Waals surface area contributed by atoms with Crippen molar-refractivity contribution in [3.63, 3.8) is 0 Å². The molecule has 2 aliphatic rings. The number of nitrogens with zero attached hydrogens (tertiary/aromatic N) is 3. The maximum atomic E-state index is 12.4. The number of amides is 2. The van der Waals surface area contributed by atoms with E-state index in [0.717, 1.165) is 42.8 Å². The van der Waals surface area contributed by atoms with Gasteiger partial charge in [-0.15, -0.1) is 0 Å². The van der Waals surface area contributed by atoms with E-state index in [9.17, 15) is 4.79 Å². The van der Waals surface area contributed by atoms with Crippen LogP contribution in [0, 0.1) is 6.92 Å². The van der Waals surface area contributed by atoms with E-state index in [2.05, 4.69) is 15.5 Å². The van der Waals surface area contributed by atoms with E-state index in [1.54, 1.807) is 0 Å². The zero-order valence-corrected chi connectivity index (χ0v) is 15.0. The van der Waals surface area contributed by atoms with Gasteiger partial charge in [0.05, 0.1) is 6.10 Å². The van der Waals surface area contributed by atoms with Crippen molar-refractivity contribution in [2.45, 2.75) is 51.2 Å². The standard InChI is InChI=1S/C19H24N4O3/c1-13-3-2-4-15(11-13)20-19(24)23-9-7-16(8-10-23)25-12-17-21-18(22-26-17)14-5-6-14/h2-4,11,14,16H,5-10,12H2,1H3,(H,20,24). The van der Waals surface area contributed by atoms with Crippen molar-refractivity contribution in [2.75, 3.05) is 18.4 Å². The first-order chi connectivity index (χ1) is 12.7. The Bertz CT molecular complexity index is 764. The molecule has 4 rings (SSSR count). The summed E-state index contributed by atoms with van der Waals surface area (Å²) < 4.78 is 11.1. The number of hydrogen-bond acceptors (Lipinski definition) is 5. The van der Waals surface area contributed by atoms with Crippen LogP contribution in [0.25, 0.3) is 0 Å². The average Bonchev–Trinajstić information content (AvgIpc) is 3.39. The van der Waals surface area contributed by atoms with Gasteiger partial charge >= 0.3 is 6.03 Å². The lowest BCUT2D eigenvalue weighted by molar-refractivity contribution is -0.00532. The summed E-state index contributed by atoms with van der Waals surface area (Å²) in [5, 5.41) is 6.95. The van der Waals surface area contributed by atoms with E-state index >= 15 is 0 Å². The zero-order chi connectivity index (χ0) is 17.9. The Morgan fingerprint density at radius 2 is 2.12 bits per heavy atom. The number of likely N-dealkylation sites (tertiary alicyclic amines) is 1.